The Hall–Kier alpha value is -1.54. The number of nitrogen functional groups attached to an aromatic ring is 1. The van der Waals surface area contributed by atoms with Crippen LogP contribution in [0.25, 0.3) is 0 Å². The fourth-order valence-electron chi connectivity index (χ4n) is 1.99. The second-order valence-corrected chi connectivity index (χ2v) is 4.03. The highest BCUT2D eigenvalue weighted by Gasteiger charge is 2.21. The number of anilines is 1. The van der Waals surface area contributed by atoms with Gasteiger partial charge in [0.1, 0.15) is 17.5 Å². The van der Waals surface area contributed by atoms with Gasteiger partial charge in [-0.2, -0.15) is 10.4 Å². The molecule has 0 radical (unpaired) electrons. The van der Waals surface area contributed by atoms with Crippen molar-refractivity contribution in [1.82, 2.24) is 14.7 Å². The highest BCUT2D eigenvalue weighted by molar-refractivity contribution is 5.47. The van der Waals surface area contributed by atoms with E-state index in [1.165, 1.54) is 0 Å². The molecule has 0 saturated carbocycles. The van der Waals surface area contributed by atoms with Gasteiger partial charge in [0, 0.05) is 0 Å². The van der Waals surface area contributed by atoms with E-state index in [0.717, 1.165) is 25.9 Å². The Bertz CT molecular complexity index is 381. The molecule has 0 spiro atoms. The van der Waals surface area contributed by atoms with Crippen LogP contribution < -0.4 is 5.73 Å². The van der Waals surface area contributed by atoms with Gasteiger partial charge >= 0.3 is 0 Å². The van der Waals surface area contributed by atoms with Crippen LogP contribution in [0.1, 0.15) is 24.4 Å². The summed E-state index contributed by atoms with van der Waals surface area (Å²) in [5.74, 6) is 0.507. The zero-order chi connectivity index (χ0) is 10.8. The topological polar surface area (TPSA) is 70.9 Å². The molecule has 1 aliphatic heterocycles. The summed E-state index contributed by atoms with van der Waals surface area (Å²) in [6.07, 6.45) is 3.65. The number of hydrogen-bond donors (Lipinski definition) is 1. The largest absolute Gasteiger partial charge is 0.383 e. The first-order chi connectivity index (χ1) is 7.22. The maximum atomic E-state index is 8.78. The van der Waals surface area contributed by atoms with Gasteiger partial charge in [-0.3, -0.25) is 0 Å². The lowest BCUT2D eigenvalue weighted by Crippen LogP contribution is -2.32. The summed E-state index contributed by atoms with van der Waals surface area (Å²) in [6, 6.07) is 2.40. The van der Waals surface area contributed by atoms with Gasteiger partial charge in [-0.1, -0.05) is 0 Å². The number of rotatable bonds is 1. The van der Waals surface area contributed by atoms with E-state index in [4.69, 9.17) is 11.0 Å². The second-order valence-electron chi connectivity index (χ2n) is 4.03. The fraction of sp³-hybridized carbons (Fsp3) is 0.600. The summed E-state index contributed by atoms with van der Waals surface area (Å²) < 4.78 is 1.80. The van der Waals surface area contributed by atoms with Crippen LogP contribution in [-0.4, -0.2) is 34.8 Å². The Kier molecular flexibility index (Phi) is 2.60. The minimum absolute atomic E-state index is 0.350. The lowest BCUT2D eigenvalue weighted by atomic mass is 10.1. The highest BCUT2D eigenvalue weighted by atomic mass is 15.3. The van der Waals surface area contributed by atoms with E-state index in [1.807, 2.05) is 6.07 Å². The first-order valence-corrected chi connectivity index (χ1v) is 5.14. The first-order valence-electron chi connectivity index (χ1n) is 5.14. The standard InChI is InChI=1S/C10H15N5/c1-14-4-2-9(3-5-14)15-10(12)8(6-11)7-13-15/h7,9H,2-5,12H2,1H3. The van der Waals surface area contributed by atoms with Crippen molar-refractivity contribution in [3.05, 3.63) is 11.8 Å². The van der Waals surface area contributed by atoms with Crippen LogP contribution in [0.2, 0.25) is 0 Å². The van der Waals surface area contributed by atoms with Crippen LogP contribution in [0.4, 0.5) is 5.82 Å². The van der Waals surface area contributed by atoms with Crippen LogP contribution in [0.15, 0.2) is 6.20 Å². The van der Waals surface area contributed by atoms with Crippen LogP contribution in [0.3, 0.4) is 0 Å². The molecule has 5 heteroatoms. The fourth-order valence-corrected chi connectivity index (χ4v) is 1.99. The van der Waals surface area contributed by atoms with Crippen LogP contribution >= 0.6 is 0 Å². The van der Waals surface area contributed by atoms with Crippen molar-refractivity contribution < 1.29 is 0 Å². The predicted octanol–water partition coefficient (Wildman–Crippen LogP) is 0.604. The average Bonchev–Trinajstić information content (AvgIpc) is 2.61. The average molecular weight is 205 g/mol. The number of nitrogens with zero attached hydrogens (tertiary/aromatic N) is 4. The van der Waals surface area contributed by atoms with E-state index in [-0.39, 0.29) is 0 Å². The molecule has 1 fully saturated rings. The van der Waals surface area contributed by atoms with Gasteiger partial charge in [0.15, 0.2) is 0 Å². The molecule has 1 saturated heterocycles. The van der Waals surface area contributed by atoms with Crippen molar-refractivity contribution in [1.29, 1.82) is 5.26 Å². The summed E-state index contributed by atoms with van der Waals surface area (Å²) in [7, 11) is 2.11. The molecule has 15 heavy (non-hydrogen) atoms. The lowest BCUT2D eigenvalue weighted by Gasteiger charge is -2.29. The predicted molar refractivity (Wildman–Crippen MR) is 57.1 cm³/mol. The van der Waals surface area contributed by atoms with Crippen molar-refractivity contribution >= 4 is 5.82 Å². The Morgan fingerprint density at radius 2 is 2.20 bits per heavy atom. The molecular formula is C10H15N5. The van der Waals surface area contributed by atoms with E-state index in [1.54, 1.807) is 10.9 Å². The van der Waals surface area contributed by atoms with E-state index < -0.39 is 0 Å². The molecule has 1 aromatic heterocycles. The smallest absolute Gasteiger partial charge is 0.140 e. The minimum Gasteiger partial charge on any atom is -0.383 e. The third-order valence-corrected chi connectivity index (χ3v) is 2.99. The third kappa shape index (κ3) is 1.81. The number of aromatic nitrogens is 2. The molecule has 0 aliphatic carbocycles. The van der Waals surface area contributed by atoms with Crippen molar-refractivity contribution in [2.45, 2.75) is 18.9 Å². The number of piperidine rings is 1. The van der Waals surface area contributed by atoms with Gasteiger partial charge in [-0.25, -0.2) is 4.68 Å². The number of nitriles is 1. The summed E-state index contributed by atoms with van der Waals surface area (Å²) in [6.45, 7) is 2.12. The molecule has 80 valence electrons. The van der Waals surface area contributed by atoms with Crippen LogP contribution in [-0.2, 0) is 0 Å². The number of likely N-dealkylation sites (tertiary alicyclic amines) is 1. The SMILES string of the molecule is CN1CCC(n2ncc(C#N)c2N)CC1. The molecule has 1 aliphatic rings. The molecule has 2 heterocycles. The number of nitrogens with two attached hydrogens (primary N) is 1. The molecule has 2 rings (SSSR count). The third-order valence-electron chi connectivity index (χ3n) is 2.99. The van der Waals surface area contributed by atoms with E-state index >= 15 is 0 Å². The maximum absolute atomic E-state index is 8.78. The van der Waals surface area contributed by atoms with E-state index in [9.17, 15) is 0 Å². The van der Waals surface area contributed by atoms with Crippen molar-refractivity contribution in [3.63, 3.8) is 0 Å². The molecule has 5 nitrogen and oxygen atoms in total. The quantitative estimate of drug-likeness (QED) is 0.729. The first kappa shape index (κ1) is 9.99. The van der Waals surface area contributed by atoms with Gasteiger partial charge in [-0.05, 0) is 33.0 Å². The van der Waals surface area contributed by atoms with Gasteiger partial charge in [-0.15, -0.1) is 0 Å². The molecule has 0 bridgehead atoms. The Morgan fingerprint density at radius 1 is 1.53 bits per heavy atom. The van der Waals surface area contributed by atoms with Gasteiger partial charge in [0.25, 0.3) is 0 Å². The van der Waals surface area contributed by atoms with Gasteiger partial charge in [0.2, 0.25) is 0 Å². The lowest BCUT2D eigenvalue weighted by molar-refractivity contribution is 0.214. The normalized spacial score (nSPS) is 18.9. The molecule has 0 amide bonds. The maximum Gasteiger partial charge on any atom is 0.140 e. The number of hydrogen-bond acceptors (Lipinski definition) is 4. The van der Waals surface area contributed by atoms with E-state index in [2.05, 4.69) is 17.0 Å². The summed E-state index contributed by atoms with van der Waals surface area (Å²) in [5.41, 5.74) is 6.32. The van der Waals surface area contributed by atoms with Crippen molar-refractivity contribution in [2.75, 3.05) is 25.9 Å². The second kappa shape index (κ2) is 3.91. The minimum atomic E-state index is 0.350. The molecule has 0 unspecified atom stereocenters. The molecular weight excluding hydrogens is 190 g/mol. The zero-order valence-corrected chi connectivity index (χ0v) is 8.85. The molecule has 0 aromatic carbocycles. The van der Waals surface area contributed by atoms with Gasteiger partial charge in [0.05, 0.1) is 12.2 Å². The summed E-state index contributed by atoms with van der Waals surface area (Å²) in [5, 5.41) is 13.0. The highest BCUT2D eigenvalue weighted by Crippen LogP contribution is 2.24. The van der Waals surface area contributed by atoms with Crippen LogP contribution in [0, 0.1) is 11.3 Å². The van der Waals surface area contributed by atoms with Gasteiger partial charge < -0.3 is 10.6 Å². The van der Waals surface area contributed by atoms with Crippen molar-refractivity contribution in [2.24, 2.45) is 0 Å². The van der Waals surface area contributed by atoms with Crippen LogP contribution in [0.5, 0.6) is 0 Å². The Morgan fingerprint density at radius 3 is 2.73 bits per heavy atom. The summed E-state index contributed by atoms with van der Waals surface area (Å²) in [4.78, 5) is 2.29. The Balaban J connectivity index is 2.16. The zero-order valence-electron chi connectivity index (χ0n) is 8.85. The monoisotopic (exact) mass is 205 g/mol. The summed E-state index contributed by atoms with van der Waals surface area (Å²) >= 11 is 0. The molecule has 2 N–H and O–H groups in total. The Labute approximate surface area is 89.1 Å². The van der Waals surface area contributed by atoms with Crippen molar-refractivity contribution in [3.8, 4) is 6.07 Å². The molecule has 0 atom stereocenters. The van der Waals surface area contributed by atoms with E-state index in [0.29, 0.717) is 17.4 Å². The molecule has 1 aromatic rings.